The van der Waals surface area contributed by atoms with Gasteiger partial charge in [-0.2, -0.15) is 0 Å². The molecule has 29 heavy (non-hydrogen) atoms. The normalized spacial score (nSPS) is 11.4. The second-order valence-electron chi connectivity index (χ2n) is 7.86. The lowest BCUT2D eigenvalue weighted by Crippen LogP contribution is -2.34. The van der Waals surface area contributed by atoms with Gasteiger partial charge in [0.05, 0.1) is 17.6 Å². The van der Waals surface area contributed by atoms with Gasteiger partial charge < -0.3 is 9.47 Å². The Balaban J connectivity index is 1.99. The van der Waals surface area contributed by atoms with Gasteiger partial charge >= 0.3 is 0 Å². The van der Waals surface area contributed by atoms with Crippen molar-refractivity contribution in [2.75, 3.05) is 6.54 Å². The van der Waals surface area contributed by atoms with E-state index in [1.165, 1.54) is 6.07 Å². The van der Waals surface area contributed by atoms with Crippen LogP contribution in [0.25, 0.3) is 11.0 Å². The van der Waals surface area contributed by atoms with Crippen LogP contribution >= 0.6 is 11.6 Å². The van der Waals surface area contributed by atoms with Crippen molar-refractivity contribution < 1.29 is 9.18 Å². The Bertz CT molecular complexity index is 1030. The molecule has 0 spiro atoms. The maximum absolute atomic E-state index is 14.0. The fourth-order valence-electron chi connectivity index (χ4n) is 3.48. The minimum atomic E-state index is -0.367. The van der Waals surface area contributed by atoms with Gasteiger partial charge in [-0.15, -0.1) is 0 Å². The van der Waals surface area contributed by atoms with E-state index in [-0.39, 0.29) is 17.6 Å². The predicted molar refractivity (Wildman–Crippen MR) is 116 cm³/mol. The number of hydrogen-bond donors (Lipinski definition) is 0. The number of carbonyl (C=O) groups is 1. The summed E-state index contributed by atoms with van der Waals surface area (Å²) in [7, 11) is 0. The number of amides is 1. The predicted octanol–water partition coefficient (Wildman–Crippen LogP) is 5.85. The zero-order valence-electron chi connectivity index (χ0n) is 17.4. The summed E-state index contributed by atoms with van der Waals surface area (Å²) in [6.45, 7) is 9.62. The third-order valence-electron chi connectivity index (χ3n) is 4.86. The van der Waals surface area contributed by atoms with Crippen LogP contribution in [0, 0.1) is 18.7 Å². The van der Waals surface area contributed by atoms with Crippen molar-refractivity contribution in [2.45, 2.75) is 47.2 Å². The van der Waals surface area contributed by atoms with Gasteiger partial charge in [0.15, 0.2) is 0 Å². The lowest BCUT2D eigenvalue weighted by atomic mass is 10.1. The van der Waals surface area contributed by atoms with Crippen molar-refractivity contribution >= 4 is 28.5 Å². The molecule has 4 nitrogen and oxygen atoms in total. The van der Waals surface area contributed by atoms with Crippen LogP contribution in [0.1, 0.15) is 48.9 Å². The van der Waals surface area contributed by atoms with Crippen LogP contribution in [0.4, 0.5) is 4.39 Å². The number of fused-ring (bicyclic) bond motifs is 1. The molecule has 0 aliphatic carbocycles. The maximum atomic E-state index is 14.0. The second-order valence-corrected chi connectivity index (χ2v) is 8.29. The zero-order valence-corrected chi connectivity index (χ0v) is 18.1. The Hall–Kier alpha value is -2.40. The van der Waals surface area contributed by atoms with E-state index in [9.17, 15) is 9.18 Å². The SMILES string of the molecule is CCCn1c(CN(CC(C)C)C(=O)c2ccc(C)c(F)c2)nc2ccc(Cl)cc21. The molecule has 0 fully saturated rings. The van der Waals surface area contributed by atoms with Gasteiger partial charge in [-0.1, -0.05) is 38.4 Å². The van der Waals surface area contributed by atoms with E-state index in [1.54, 1.807) is 24.0 Å². The summed E-state index contributed by atoms with van der Waals surface area (Å²) in [5, 5.41) is 0.659. The topological polar surface area (TPSA) is 38.1 Å². The standard InChI is InChI=1S/C23H27ClFN3O/c1-5-10-28-21-12-18(24)8-9-20(21)26-22(28)14-27(13-15(2)3)23(29)17-7-6-16(4)19(25)11-17/h6-9,11-12,15H,5,10,13-14H2,1-4H3. The number of halogens is 2. The van der Waals surface area contributed by atoms with Gasteiger partial charge in [0.2, 0.25) is 0 Å². The first-order valence-electron chi connectivity index (χ1n) is 10.00. The Kier molecular flexibility index (Phi) is 6.58. The fraction of sp³-hybridized carbons (Fsp3) is 0.391. The van der Waals surface area contributed by atoms with Crippen molar-refractivity contribution in [3.05, 3.63) is 64.2 Å². The van der Waals surface area contributed by atoms with Crippen molar-refractivity contribution in [3.8, 4) is 0 Å². The Morgan fingerprint density at radius 1 is 1.24 bits per heavy atom. The second kappa shape index (κ2) is 8.95. The third-order valence-corrected chi connectivity index (χ3v) is 5.10. The average molecular weight is 416 g/mol. The molecule has 1 amide bonds. The number of rotatable bonds is 7. The highest BCUT2D eigenvalue weighted by molar-refractivity contribution is 6.31. The molecule has 154 valence electrons. The summed E-state index contributed by atoms with van der Waals surface area (Å²) < 4.78 is 16.2. The van der Waals surface area contributed by atoms with E-state index in [4.69, 9.17) is 16.6 Å². The van der Waals surface area contributed by atoms with Crippen molar-refractivity contribution in [1.29, 1.82) is 0 Å². The van der Waals surface area contributed by atoms with Crippen LogP contribution in [-0.4, -0.2) is 26.9 Å². The maximum Gasteiger partial charge on any atom is 0.254 e. The lowest BCUT2D eigenvalue weighted by Gasteiger charge is -2.25. The molecule has 0 atom stereocenters. The molecular formula is C23H27ClFN3O. The van der Waals surface area contributed by atoms with Gasteiger partial charge in [-0.05, 0) is 55.2 Å². The smallest absolute Gasteiger partial charge is 0.254 e. The summed E-state index contributed by atoms with van der Waals surface area (Å²) in [5.74, 6) is 0.525. The summed E-state index contributed by atoms with van der Waals surface area (Å²) in [4.78, 5) is 19.7. The number of imidazole rings is 1. The molecule has 3 rings (SSSR count). The highest BCUT2D eigenvalue weighted by Crippen LogP contribution is 2.23. The van der Waals surface area contributed by atoms with Crippen LogP contribution in [0.3, 0.4) is 0 Å². The van der Waals surface area contributed by atoms with Gasteiger partial charge in [0.25, 0.3) is 5.91 Å². The van der Waals surface area contributed by atoms with E-state index in [0.29, 0.717) is 29.2 Å². The number of hydrogen-bond acceptors (Lipinski definition) is 2. The number of aromatic nitrogens is 2. The van der Waals surface area contributed by atoms with E-state index in [1.807, 2.05) is 18.2 Å². The van der Waals surface area contributed by atoms with Crippen molar-refractivity contribution in [2.24, 2.45) is 5.92 Å². The van der Waals surface area contributed by atoms with Crippen LogP contribution < -0.4 is 0 Å². The quantitative estimate of drug-likeness (QED) is 0.485. The van der Waals surface area contributed by atoms with Crippen LogP contribution in [-0.2, 0) is 13.1 Å². The zero-order chi connectivity index (χ0) is 21.1. The largest absolute Gasteiger partial charge is 0.331 e. The molecule has 6 heteroatoms. The summed E-state index contributed by atoms with van der Waals surface area (Å²) in [6, 6.07) is 10.3. The van der Waals surface area contributed by atoms with E-state index < -0.39 is 0 Å². The van der Waals surface area contributed by atoms with E-state index in [2.05, 4.69) is 25.3 Å². The molecular weight excluding hydrogens is 389 g/mol. The molecule has 3 aromatic rings. The minimum absolute atomic E-state index is 0.189. The van der Waals surface area contributed by atoms with E-state index >= 15 is 0 Å². The average Bonchev–Trinajstić information content (AvgIpc) is 2.99. The fourth-order valence-corrected chi connectivity index (χ4v) is 3.65. The van der Waals surface area contributed by atoms with Crippen LogP contribution in [0.2, 0.25) is 5.02 Å². The highest BCUT2D eigenvalue weighted by atomic mass is 35.5. The number of aryl methyl sites for hydroxylation is 2. The molecule has 0 aliphatic heterocycles. The first-order valence-corrected chi connectivity index (χ1v) is 10.4. The first-order chi connectivity index (χ1) is 13.8. The Morgan fingerprint density at radius 3 is 2.66 bits per heavy atom. The van der Waals surface area contributed by atoms with Crippen molar-refractivity contribution in [1.82, 2.24) is 14.5 Å². The highest BCUT2D eigenvalue weighted by Gasteiger charge is 2.21. The summed E-state index contributed by atoms with van der Waals surface area (Å²) in [6.07, 6.45) is 0.937. The Morgan fingerprint density at radius 2 is 2.00 bits per heavy atom. The molecule has 2 aromatic carbocycles. The molecule has 0 bridgehead atoms. The first kappa shape index (κ1) is 21.3. The van der Waals surface area contributed by atoms with Crippen LogP contribution in [0.5, 0.6) is 0 Å². The molecule has 0 unspecified atom stereocenters. The molecule has 0 aliphatic rings. The summed E-state index contributed by atoms with van der Waals surface area (Å²) in [5.41, 5.74) is 2.71. The molecule has 0 saturated carbocycles. The molecule has 1 aromatic heterocycles. The van der Waals surface area contributed by atoms with Gasteiger partial charge in [-0.25, -0.2) is 9.37 Å². The molecule has 0 radical (unpaired) electrons. The lowest BCUT2D eigenvalue weighted by molar-refractivity contribution is 0.0715. The summed E-state index contributed by atoms with van der Waals surface area (Å²) >= 11 is 6.19. The van der Waals surface area contributed by atoms with Crippen LogP contribution in [0.15, 0.2) is 36.4 Å². The molecule has 0 saturated heterocycles. The molecule has 0 N–H and O–H groups in total. The van der Waals surface area contributed by atoms with Gasteiger partial charge in [0.1, 0.15) is 11.6 Å². The van der Waals surface area contributed by atoms with Gasteiger partial charge in [0, 0.05) is 23.7 Å². The van der Waals surface area contributed by atoms with Gasteiger partial charge in [-0.3, -0.25) is 4.79 Å². The number of nitrogens with zero attached hydrogens (tertiary/aromatic N) is 3. The minimum Gasteiger partial charge on any atom is -0.331 e. The third kappa shape index (κ3) is 4.78. The number of benzene rings is 2. The van der Waals surface area contributed by atoms with E-state index in [0.717, 1.165) is 29.8 Å². The van der Waals surface area contributed by atoms with Crippen molar-refractivity contribution in [3.63, 3.8) is 0 Å². The molecule has 1 heterocycles. The number of carbonyl (C=O) groups excluding carboxylic acids is 1. The monoisotopic (exact) mass is 415 g/mol. The Labute approximate surface area is 176 Å².